The standard InChI is InChI=1S/C12H15NO/c14-12(10-5-1-2-6-10)9-11-7-3-4-8-13-11/h3-4,7-8,10H,1-2,5-6,9H2. The Labute approximate surface area is 84.4 Å². The fraction of sp³-hybridized carbons (Fsp3) is 0.500. The van der Waals surface area contributed by atoms with E-state index in [0.29, 0.717) is 18.1 Å². The van der Waals surface area contributed by atoms with Crippen molar-refractivity contribution in [2.24, 2.45) is 5.92 Å². The minimum Gasteiger partial charge on any atom is -0.299 e. The number of carbonyl (C=O) groups is 1. The van der Waals surface area contributed by atoms with Crippen molar-refractivity contribution in [1.29, 1.82) is 0 Å². The summed E-state index contributed by atoms with van der Waals surface area (Å²) in [6.45, 7) is 0. The highest BCUT2D eigenvalue weighted by Crippen LogP contribution is 2.26. The van der Waals surface area contributed by atoms with E-state index in [1.54, 1.807) is 6.20 Å². The molecule has 1 heterocycles. The van der Waals surface area contributed by atoms with Crippen molar-refractivity contribution in [1.82, 2.24) is 4.98 Å². The summed E-state index contributed by atoms with van der Waals surface area (Å²) in [7, 11) is 0. The molecule has 1 fully saturated rings. The van der Waals surface area contributed by atoms with Crippen LogP contribution in [0, 0.1) is 5.92 Å². The predicted molar refractivity (Wildman–Crippen MR) is 54.9 cm³/mol. The molecule has 1 aromatic rings. The molecule has 0 radical (unpaired) electrons. The lowest BCUT2D eigenvalue weighted by molar-refractivity contribution is -0.122. The highest BCUT2D eigenvalue weighted by molar-refractivity contribution is 5.83. The lowest BCUT2D eigenvalue weighted by Gasteiger charge is -2.06. The van der Waals surface area contributed by atoms with Gasteiger partial charge in [-0.25, -0.2) is 0 Å². The predicted octanol–water partition coefficient (Wildman–Crippen LogP) is 2.38. The highest BCUT2D eigenvalue weighted by atomic mass is 16.1. The van der Waals surface area contributed by atoms with Crippen molar-refractivity contribution in [2.75, 3.05) is 0 Å². The van der Waals surface area contributed by atoms with Gasteiger partial charge in [-0.05, 0) is 25.0 Å². The first-order valence-corrected chi connectivity index (χ1v) is 5.29. The second-order valence-electron chi connectivity index (χ2n) is 3.95. The van der Waals surface area contributed by atoms with E-state index in [9.17, 15) is 4.79 Å². The van der Waals surface area contributed by atoms with Gasteiger partial charge >= 0.3 is 0 Å². The first-order chi connectivity index (χ1) is 6.86. The summed E-state index contributed by atoms with van der Waals surface area (Å²) in [5.41, 5.74) is 0.907. The molecule has 0 spiro atoms. The second-order valence-corrected chi connectivity index (χ2v) is 3.95. The number of aromatic nitrogens is 1. The number of rotatable bonds is 3. The molecule has 0 atom stereocenters. The van der Waals surface area contributed by atoms with Crippen LogP contribution in [0.2, 0.25) is 0 Å². The Bertz CT molecular complexity index is 301. The number of ketones is 1. The van der Waals surface area contributed by atoms with Gasteiger partial charge in [0.25, 0.3) is 0 Å². The lowest BCUT2D eigenvalue weighted by Crippen LogP contribution is -2.13. The highest BCUT2D eigenvalue weighted by Gasteiger charge is 2.22. The molecule has 0 amide bonds. The van der Waals surface area contributed by atoms with E-state index >= 15 is 0 Å². The molecule has 1 aliphatic rings. The van der Waals surface area contributed by atoms with Gasteiger partial charge in [-0.1, -0.05) is 18.9 Å². The molecule has 2 rings (SSSR count). The maximum atomic E-state index is 11.8. The summed E-state index contributed by atoms with van der Waals surface area (Å²) < 4.78 is 0. The fourth-order valence-corrected chi connectivity index (χ4v) is 2.07. The van der Waals surface area contributed by atoms with Crippen LogP contribution in [0.15, 0.2) is 24.4 Å². The third kappa shape index (κ3) is 2.19. The Morgan fingerprint density at radius 3 is 2.79 bits per heavy atom. The van der Waals surface area contributed by atoms with E-state index in [4.69, 9.17) is 0 Å². The quantitative estimate of drug-likeness (QED) is 0.730. The van der Waals surface area contributed by atoms with Gasteiger partial charge in [-0.2, -0.15) is 0 Å². The van der Waals surface area contributed by atoms with Crippen molar-refractivity contribution in [3.63, 3.8) is 0 Å². The fourth-order valence-electron chi connectivity index (χ4n) is 2.07. The first kappa shape index (κ1) is 9.38. The largest absolute Gasteiger partial charge is 0.299 e. The molecule has 0 saturated heterocycles. The SMILES string of the molecule is O=C(Cc1ccccn1)C1CCCC1. The first-order valence-electron chi connectivity index (χ1n) is 5.29. The van der Waals surface area contributed by atoms with Crippen LogP contribution in [-0.2, 0) is 11.2 Å². The van der Waals surface area contributed by atoms with Crippen LogP contribution < -0.4 is 0 Å². The van der Waals surface area contributed by atoms with Gasteiger partial charge in [0.05, 0.1) is 0 Å². The zero-order chi connectivity index (χ0) is 9.80. The summed E-state index contributed by atoms with van der Waals surface area (Å²) in [5, 5.41) is 0. The number of hydrogen-bond acceptors (Lipinski definition) is 2. The van der Waals surface area contributed by atoms with Crippen molar-refractivity contribution < 1.29 is 4.79 Å². The van der Waals surface area contributed by atoms with E-state index in [-0.39, 0.29) is 0 Å². The topological polar surface area (TPSA) is 30.0 Å². The summed E-state index contributed by atoms with van der Waals surface area (Å²) in [4.78, 5) is 15.9. The third-order valence-electron chi connectivity index (χ3n) is 2.89. The van der Waals surface area contributed by atoms with E-state index in [1.807, 2.05) is 18.2 Å². The zero-order valence-corrected chi connectivity index (χ0v) is 8.28. The Morgan fingerprint density at radius 1 is 1.36 bits per heavy atom. The minimum atomic E-state index is 0.317. The van der Waals surface area contributed by atoms with Crippen molar-refractivity contribution in [3.8, 4) is 0 Å². The van der Waals surface area contributed by atoms with Crippen LogP contribution in [0.25, 0.3) is 0 Å². The summed E-state index contributed by atoms with van der Waals surface area (Å²) >= 11 is 0. The van der Waals surface area contributed by atoms with Gasteiger partial charge < -0.3 is 0 Å². The summed E-state index contributed by atoms with van der Waals surface area (Å²) in [6, 6.07) is 5.74. The average Bonchev–Trinajstić information content (AvgIpc) is 2.72. The molecule has 0 bridgehead atoms. The Kier molecular flexibility index (Phi) is 2.92. The molecular weight excluding hydrogens is 174 g/mol. The molecule has 1 saturated carbocycles. The Morgan fingerprint density at radius 2 is 2.14 bits per heavy atom. The smallest absolute Gasteiger partial charge is 0.141 e. The number of nitrogens with zero attached hydrogens (tertiary/aromatic N) is 1. The zero-order valence-electron chi connectivity index (χ0n) is 8.28. The van der Waals surface area contributed by atoms with E-state index in [0.717, 1.165) is 18.5 Å². The molecule has 0 aromatic carbocycles. The number of hydrogen-bond donors (Lipinski definition) is 0. The van der Waals surface area contributed by atoms with Crippen molar-refractivity contribution in [2.45, 2.75) is 32.1 Å². The summed E-state index contributed by atoms with van der Waals surface area (Å²) in [6.07, 6.45) is 6.89. The van der Waals surface area contributed by atoms with Crippen LogP contribution in [0.1, 0.15) is 31.4 Å². The average molecular weight is 189 g/mol. The molecule has 1 aliphatic carbocycles. The lowest BCUT2D eigenvalue weighted by atomic mass is 9.99. The van der Waals surface area contributed by atoms with Gasteiger partial charge in [0.2, 0.25) is 0 Å². The van der Waals surface area contributed by atoms with Gasteiger partial charge in [0, 0.05) is 24.2 Å². The summed E-state index contributed by atoms with van der Waals surface area (Å²) in [5.74, 6) is 0.693. The van der Waals surface area contributed by atoms with Crippen LogP contribution in [-0.4, -0.2) is 10.8 Å². The van der Waals surface area contributed by atoms with Gasteiger partial charge in [-0.3, -0.25) is 9.78 Å². The molecule has 2 nitrogen and oxygen atoms in total. The molecular formula is C12H15NO. The minimum absolute atomic E-state index is 0.317. The molecule has 2 heteroatoms. The van der Waals surface area contributed by atoms with Crippen molar-refractivity contribution in [3.05, 3.63) is 30.1 Å². The van der Waals surface area contributed by atoms with Gasteiger partial charge in [0.15, 0.2) is 0 Å². The second kappa shape index (κ2) is 4.36. The molecule has 0 N–H and O–H groups in total. The Balaban J connectivity index is 1.94. The third-order valence-corrected chi connectivity index (χ3v) is 2.89. The van der Waals surface area contributed by atoms with Gasteiger partial charge in [0.1, 0.15) is 5.78 Å². The van der Waals surface area contributed by atoms with Crippen molar-refractivity contribution >= 4 is 5.78 Å². The molecule has 1 aromatic heterocycles. The number of carbonyl (C=O) groups excluding carboxylic acids is 1. The monoisotopic (exact) mass is 189 g/mol. The van der Waals surface area contributed by atoms with Crippen LogP contribution in [0.5, 0.6) is 0 Å². The Hall–Kier alpha value is -1.18. The van der Waals surface area contributed by atoms with E-state index in [1.165, 1.54) is 12.8 Å². The maximum absolute atomic E-state index is 11.8. The van der Waals surface area contributed by atoms with Crippen LogP contribution in [0.4, 0.5) is 0 Å². The molecule has 74 valence electrons. The maximum Gasteiger partial charge on any atom is 0.141 e. The number of pyridine rings is 1. The molecule has 0 unspecified atom stereocenters. The number of Topliss-reactive ketones (excluding diaryl/α,β-unsaturated/α-hetero) is 1. The van der Waals surface area contributed by atoms with E-state index < -0.39 is 0 Å². The van der Waals surface area contributed by atoms with Gasteiger partial charge in [-0.15, -0.1) is 0 Å². The van der Waals surface area contributed by atoms with Crippen LogP contribution >= 0.6 is 0 Å². The van der Waals surface area contributed by atoms with E-state index in [2.05, 4.69) is 4.98 Å². The normalized spacial score (nSPS) is 17.1. The van der Waals surface area contributed by atoms with Crippen LogP contribution in [0.3, 0.4) is 0 Å². The molecule has 0 aliphatic heterocycles. The molecule has 14 heavy (non-hydrogen) atoms.